The van der Waals surface area contributed by atoms with E-state index in [0.717, 1.165) is 0 Å². The lowest BCUT2D eigenvalue weighted by Crippen LogP contribution is -2.27. The lowest BCUT2D eigenvalue weighted by atomic mass is 10.1. The molecule has 1 atom stereocenters. The molecule has 1 unspecified atom stereocenters. The van der Waals surface area contributed by atoms with Crippen LogP contribution < -0.4 is 16.0 Å². The maximum Gasteiger partial charge on any atom is 0.165 e. The molecule has 1 aromatic carbocycles. The molecule has 0 saturated heterocycles. The van der Waals surface area contributed by atoms with E-state index in [0.29, 0.717) is 12.2 Å². The van der Waals surface area contributed by atoms with Crippen molar-refractivity contribution in [2.75, 3.05) is 13.2 Å². The van der Waals surface area contributed by atoms with Crippen molar-refractivity contribution in [3.8, 4) is 5.75 Å². The predicted octanol–water partition coefficient (Wildman–Crippen LogP) is 0.721. The maximum absolute atomic E-state index is 13.3. The minimum atomic E-state index is -0.819. The molecule has 1 rings (SSSR count). The van der Waals surface area contributed by atoms with Crippen LogP contribution in [0.1, 0.15) is 18.6 Å². The Hall–Kier alpha value is -1.17. The fourth-order valence-corrected chi connectivity index (χ4v) is 1.23. The summed E-state index contributed by atoms with van der Waals surface area (Å²) in [6.45, 7) is 2.36. The van der Waals surface area contributed by atoms with Gasteiger partial charge in [0, 0.05) is 6.54 Å². The number of halogens is 1. The van der Waals surface area contributed by atoms with Crippen molar-refractivity contribution in [3.63, 3.8) is 0 Å². The zero-order valence-electron chi connectivity index (χ0n) is 8.53. The minimum Gasteiger partial charge on any atom is -0.491 e. The number of benzene rings is 1. The Kier molecular flexibility index (Phi) is 4.48. The van der Waals surface area contributed by atoms with E-state index in [4.69, 9.17) is 10.6 Å². The Morgan fingerprint density at radius 1 is 1.60 bits per heavy atom. The van der Waals surface area contributed by atoms with Crippen LogP contribution in [0.3, 0.4) is 0 Å². The number of rotatable bonds is 5. The molecule has 0 heterocycles. The average Bonchev–Trinajstić information content (AvgIpc) is 2.21. The number of nitrogens with two attached hydrogens (primary N) is 1. The number of ether oxygens (including phenoxy) is 1. The molecule has 4 nitrogen and oxygen atoms in total. The van der Waals surface area contributed by atoms with Gasteiger partial charge in [-0.3, -0.25) is 11.3 Å². The molecule has 0 saturated carbocycles. The monoisotopic (exact) mass is 214 g/mol. The summed E-state index contributed by atoms with van der Waals surface area (Å²) >= 11 is 0. The summed E-state index contributed by atoms with van der Waals surface area (Å²) < 4.78 is 18.4. The van der Waals surface area contributed by atoms with Gasteiger partial charge >= 0.3 is 0 Å². The van der Waals surface area contributed by atoms with Gasteiger partial charge in [-0.2, -0.15) is 0 Å². The van der Waals surface area contributed by atoms with Crippen molar-refractivity contribution >= 4 is 0 Å². The van der Waals surface area contributed by atoms with Gasteiger partial charge in [0.25, 0.3) is 0 Å². The van der Waals surface area contributed by atoms with Crippen molar-refractivity contribution < 1.29 is 14.2 Å². The molecule has 15 heavy (non-hydrogen) atoms. The molecule has 0 fully saturated rings. The molecule has 0 aliphatic heterocycles. The number of hydrogen-bond donors (Lipinski definition) is 3. The van der Waals surface area contributed by atoms with Crippen LogP contribution in [-0.4, -0.2) is 18.3 Å². The third-order valence-corrected chi connectivity index (χ3v) is 1.95. The van der Waals surface area contributed by atoms with Gasteiger partial charge in [-0.25, -0.2) is 4.39 Å². The van der Waals surface area contributed by atoms with E-state index in [1.54, 1.807) is 13.0 Å². The molecule has 1 aromatic rings. The van der Waals surface area contributed by atoms with E-state index in [2.05, 4.69) is 5.43 Å². The standard InChI is InChI=1S/C10H15FN2O2/c1-2-15-10-4-3-7(5-8(10)11)9(14)6-13-12/h3-5,9,13-14H,2,6,12H2,1H3. The SMILES string of the molecule is CCOc1ccc(C(O)CNN)cc1F. The highest BCUT2D eigenvalue weighted by atomic mass is 19.1. The topological polar surface area (TPSA) is 67.5 Å². The maximum atomic E-state index is 13.3. The van der Waals surface area contributed by atoms with E-state index >= 15 is 0 Å². The van der Waals surface area contributed by atoms with Gasteiger partial charge in [-0.1, -0.05) is 6.07 Å². The second kappa shape index (κ2) is 5.65. The molecule has 0 aliphatic carbocycles. The van der Waals surface area contributed by atoms with Crippen LogP contribution in [0.15, 0.2) is 18.2 Å². The van der Waals surface area contributed by atoms with Crippen LogP contribution in [0.25, 0.3) is 0 Å². The van der Waals surface area contributed by atoms with Gasteiger partial charge in [0.1, 0.15) is 0 Å². The zero-order chi connectivity index (χ0) is 11.3. The van der Waals surface area contributed by atoms with E-state index in [9.17, 15) is 9.50 Å². The second-order valence-corrected chi connectivity index (χ2v) is 3.05. The predicted molar refractivity (Wildman–Crippen MR) is 54.7 cm³/mol. The first-order valence-electron chi connectivity index (χ1n) is 4.72. The van der Waals surface area contributed by atoms with Crippen LogP contribution in [-0.2, 0) is 0 Å². The third kappa shape index (κ3) is 3.16. The van der Waals surface area contributed by atoms with E-state index < -0.39 is 11.9 Å². The molecule has 84 valence electrons. The van der Waals surface area contributed by atoms with Gasteiger partial charge < -0.3 is 9.84 Å². The van der Waals surface area contributed by atoms with E-state index in [1.165, 1.54) is 12.1 Å². The lowest BCUT2D eigenvalue weighted by Gasteiger charge is -2.11. The van der Waals surface area contributed by atoms with Crippen LogP contribution >= 0.6 is 0 Å². The first-order chi connectivity index (χ1) is 7.19. The first-order valence-corrected chi connectivity index (χ1v) is 4.72. The van der Waals surface area contributed by atoms with Crippen LogP contribution in [0, 0.1) is 5.82 Å². The van der Waals surface area contributed by atoms with Gasteiger partial charge in [0.15, 0.2) is 11.6 Å². The number of hydrazine groups is 1. The first kappa shape index (κ1) is 11.9. The largest absolute Gasteiger partial charge is 0.491 e. The highest BCUT2D eigenvalue weighted by molar-refractivity contribution is 5.30. The smallest absolute Gasteiger partial charge is 0.165 e. The quantitative estimate of drug-likeness (QED) is 0.499. The van der Waals surface area contributed by atoms with Crippen molar-refractivity contribution in [1.29, 1.82) is 0 Å². The molecule has 0 radical (unpaired) electrons. The number of hydrogen-bond acceptors (Lipinski definition) is 4. The summed E-state index contributed by atoms with van der Waals surface area (Å²) in [5, 5.41) is 9.52. The van der Waals surface area contributed by atoms with Crippen molar-refractivity contribution in [3.05, 3.63) is 29.6 Å². The van der Waals surface area contributed by atoms with Crippen LogP contribution in [0.5, 0.6) is 5.75 Å². The highest BCUT2D eigenvalue weighted by Crippen LogP contribution is 2.21. The Bertz CT molecular complexity index is 320. The summed E-state index contributed by atoms with van der Waals surface area (Å²) in [6, 6.07) is 4.34. The molecule has 0 bridgehead atoms. The average molecular weight is 214 g/mol. The summed E-state index contributed by atoms with van der Waals surface area (Å²) in [4.78, 5) is 0. The molecule has 0 spiro atoms. The fraction of sp³-hybridized carbons (Fsp3) is 0.400. The molecule has 0 aromatic heterocycles. The second-order valence-electron chi connectivity index (χ2n) is 3.05. The summed E-state index contributed by atoms with van der Waals surface area (Å²) in [7, 11) is 0. The highest BCUT2D eigenvalue weighted by Gasteiger charge is 2.10. The summed E-state index contributed by atoms with van der Waals surface area (Å²) in [5.74, 6) is 4.76. The van der Waals surface area contributed by atoms with E-state index in [1.807, 2.05) is 0 Å². The Morgan fingerprint density at radius 3 is 2.87 bits per heavy atom. The van der Waals surface area contributed by atoms with Gasteiger partial charge in [0.2, 0.25) is 0 Å². The Balaban J connectivity index is 2.81. The van der Waals surface area contributed by atoms with Crippen molar-refractivity contribution in [1.82, 2.24) is 5.43 Å². The van der Waals surface area contributed by atoms with Crippen molar-refractivity contribution in [2.24, 2.45) is 5.84 Å². The zero-order valence-corrected chi connectivity index (χ0v) is 8.53. The van der Waals surface area contributed by atoms with Gasteiger partial charge in [0.05, 0.1) is 12.7 Å². The lowest BCUT2D eigenvalue weighted by molar-refractivity contribution is 0.174. The Labute approximate surface area is 87.8 Å². The molecule has 5 heteroatoms. The number of nitrogens with one attached hydrogen (secondary N) is 1. The Morgan fingerprint density at radius 2 is 2.33 bits per heavy atom. The van der Waals surface area contributed by atoms with Gasteiger partial charge in [-0.05, 0) is 24.6 Å². The summed E-state index contributed by atoms with van der Waals surface area (Å²) in [5.41, 5.74) is 2.79. The third-order valence-electron chi connectivity index (χ3n) is 1.95. The fourth-order valence-electron chi connectivity index (χ4n) is 1.23. The number of aliphatic hydroxyl groups excluding tert-OH is 1. The normalized spacial score (nSPS) is 12.5. The van der Waals surface area contributed by atoms with Crippen LogP contribution in [0.4, 0.5) is 4.39 Å². The molecule has 0 amide bonds. The number of aliphatic hydroxyl groups is 1. The summed E-state index contributed by atoms with van der Waals surface area (Å²) in [6.07, 6.45) is -0.819. The van der Waals surface area contributed by atoms with Crippen LogP contribution in [0.2, 0.25) is 0 Å². The molecular formula is C10H15FN2O2. The van der Waals surface area contributed by atoms with E-state index in [-0.39, 0.29) is 12.3 Å². The molecule has 0 aliphatic rings. The van der Waals surface area contributed by atoms with Crippen molar-refractivity contribution in [2.45, 2.75) is 13.0 Å². The molecule has 4 N–H and O–H groups in total. The minimum absolute atomic E-state index is 0.174. The molecular weight excluding hydrogens is 199 g/mol. The van der Waals surface area contributed by atoms with Gasteiger partial charge in [-0.15, -0.1) is 0 Å².